The second kappa shape index (κ2) is 5.84. The van der Waals surface area contributed by atoms with Gasteiger partial charge in [-0.25, -0.2) is 0 Å². The van der Waals surface area contributed by atoms with Gasteiger partial charge in [0.1, 0.15) is 11.5 Å². The number of aliphatic imine (C=N–C) groups is 1. The summed E-state index contributed by atoms with van der Waals surface area (Å²) in [6.07, 6.45) is 2.00. The number of amides is 1. The number of nitrogens with two attached hydrogens (primary N) is 1. The maximum absolute atomic E-state index is 11.1. The molecule has 2 heterocycles. The lowest BCUT2D eigenvalue weighted by molar-refractivity contribution is 0.0965. The average Bonchev–Trinajstić information content (AvgIpc) is 3.15. The van der Waals surface area contributed by atoms with E-state index in [0.717, 1.165) is 34.9 Å². The second-order valence-corrected chi connectivity index (χ2v) is 5.83. The molecular formula is C15H16N4O2S. The van der Waals surface area contributed by atoms with Gasteiger partial charge in [0, 0.05) is 35.7 Å². The first kappa shape index (κ1) is 14.6. The Balaban J connectivity index is 2.00. The van der Waals surface area contributed by atoms with E-state index in [-0.39, 0.29) is 5.76 Å². The summed E-state index contributed by atoms with van der Waals surface area (Å²) in [7, 11) is 2.04. The van der Waals surface area contributed by atoms with Crippen molar-refractivity contribution in [3.8, 4) is 11.3 Å². The molecule has 1 amide bonds. The van der Waals surface area contributed by atoms with E-state index in [1.165, 1.54) is 0 Å². The SMILES string of the molecule is CSc1cc(C2=NCCN2C)ccc1-c1cc(C(N)=O)on1. The first-order valence-electron chi connectivity index (χ1n) is 6.81. The van der Waals surface area contributed by atoms with Crippen molar-refractivity contribution < 1.29 is 9.32 Å². The lowest BCUT2D eigenvalue weighted by Crippen LogP contribution is -2.23. The number of amidine groups is 1. The summed E-state index contributed by atoms with van der Waals surface area (Å²) in [4.78, 5) is 18.8. The van der Waals surface area contributed by atoms with Crippen LogP contribution in [-0.2, 0) is 0 Å². The van der Waals surface area contributed by atoms with E-state index in [1.54, 1.807) is 17.8 Å². The number of hydrogen-bond donors (Lipinski definition) is 1. The van der Waals surface area contributed by atoms with E-state index >= 15 is 0 Å². The highest BCUT2D eigenvalue weighted by Crippen LogP contribution is 2.31. The number of rotatable bonds is 4. The van der Waals surface area contributed by atoms with Crippen molar-refractivity contribution >= 4 is 23.5 Å². The maximum Gasteiger partial charge on any atom is 0.287 e. The van der Waals surface area contributed by atoms with E-state index in [2.05, 4.69) is 21.1 Å². The first-order chi connectivity index (χ1) is 10.6. The molecule has 0 spiro atoms. The predicted molar refractivity (Wildman–Crippen MR) is 86.3 cm³/mol. The number of thioether (sulfide) groups is 1. The molecule has 2 N–H and O–H groups in total. The van der Waals surface area contributed by atoms with Gasteiger partial charge in [-0.15, -0.1) is 11.8 Å². The monoisotopic (exact) mass is 316 g/mol. The van der Waals surface area contributed by atoms with Gasteiger partial charge in [0.25, 0.3) is 5.91 Å². The quantitative estimate of drug-likeness (QED) is 0.870. The zero-order valence-electron chi connectivity index (χ0n) is 12.4. The minimum atomic E-state index is -0.622. The van der Waals surface area contributed by atoms with E-state index in [1.807, 2.05) is 25.4 Å². The second-order valence-electron chi connectivity index (χ2n) is 4.98. The fourth-order valence-corrected chi connectivity index (χ4v) is 3.04. The summed E-state index contributed by atoms with van der Waals surface area (Å²) in [5.74, 6) is 0.439. The Morgan fingerprint density at radius 2 is 2.23 bits per heavy atom. The molecule has 0 atom stereocenters. The number of aromatic nitrogens is 1. The number of hydrogen-bond acceptors (Lipinski definition) is 6. The van der Waals surface area contributed by atoms with Gasteiger partial charge < -0.3 is 15.2 Å². The Morgan fingerprint density at radius 1 is 1.41 bits per heavy atom. The van der Waals surface area contributed by atoms with Crippen LogP contribution in [0.3, 0.4) is 0 Å². The molecule has 7 heteroatoms. The maximum atomic E-state index is 11.1. The van der Waals surface area contributed by atoms with Crippen LogP contribution in [0.15, 0.2) is 38.7 Å². The van der Waals surface area contributed by atoms with Crippen molar-refractivity contribution in [3.05, 3.63) is 35.6 Å². The molecule has 2 aromatic rings. The molecule has 22 heavy (non-hydrogen) atoms. The van der Waals surface area contributed by atoms with Gasteiger partial charge in [-0.2, -0.15) is 0 Å². The summed E-state index contributed by atoms with van der Waals surface area (Å²) in [5, 5.41) is 3.93. The summed E-state index contributed by atoms with van der Waals surface area (Å²) in [6.45, 7) is 1.77. The van der Waals surface area contributed by atoms with Gasteiger partial charge in [0.05, 0.1) is 6.54 Å². The van der Waals surface area contributed by atoms with E-state index in [9.17, 15) is 4.79 Å². The summed E-state index contributed by atoms with van der Waals surface area (Å²) >= 11 is 1.61. The van der Waals surface area contributed by atoms with Crippen LogP contribution in [0.1, 0.15) is 16.1 Å². The number of carbonyl (C=O) groups is 1. The molecule has 0 bridgehead atoms. The Kier molecular flexibility index (Phi) is 3.89. The molecule has 0 saturated carbocycles. The molecule has 0 unspecified atom stereocenters. The van der Waals surface area contributed by atoms with E-state index in [0.29, 0.717) is 5.69 Å². The van der Waals surface area contributed by atoms with E-state index < -0.39 is 5.91 Å². The molecule has 0 radical (unpaired) electrons. The molecule has 1 aromatic carbocycles. The van der Waals surface area contributed by atoms with Gasteiger partial charge >= 0.3 is 0 Å². The zero-order chi connectivity index (χ0) is 15.7. The molecule has 0 fully saturated rings. The minimum Gasteiger partial charge on any atom is -0.363 e. The predicted octanol–water partition coefficient (Wildman–Crippen LogP) is 1.85. The molecule has 0 aliphatic carbocycles. The average molecular weight is 316 g/mol. The number of likely N-dealkylation sites (N-methyl/N-ethyl adjacent to an activating group) is 1. The summed E-state index contributed by atoms with van der Waals surface area (Å²) < 4.78 is 4.96. The number of nitrogens with zero attached hydrogens (tertiary/aromatic N) is 3. The number of benzene rings is 1. The highest BCUT2D eigenvalue weighted by atomic mass is 32.2. The largest absolute Gasteiger partial charge is 0.363 e. The Bertz CT molecular complexity index is 754. The van der Waals surface area contributed by atoms with Crippen LogP contribution in [0.4, 0.5) is 0 Å². The van der Waals surface area contributed by atoms with Crippen LogP contribution in [0.25, 0.3) is 11.3 Å². The molecule has 1 aliphatic heterocycles. The molecule has 6 nitrogen and oxygen atoms in total. The van der Waals surface area contributed by atoms with Crippen molar-refractivity contribution in [2.75, 3.05) is 26.4 Å². The topological polar surface area (TPSA) is 84.7 Å². The van der Waals surface area contributed by atoms with Crippen molar-refractivity contribution in [1.82, 2.24) is 10.1 Å². The Labute approximate surface area is 132 Å². The van der Waals surface area contributed by atoms with Crippen LogP contribution in [0.5, 0.6) is 0 Å². The fraction of sp³-hybridized carbons (Fsp3) is 0.267. The van der Waals surface area contributed by atoms with Crippen molar-refractivity contribution in [2.24, 2.45) is 10.7 Å². The first-order valence-corrected chi connectivity index (χ1v) is 8.03. The van der Waals surface area contributed by atoms with Crippen LogP contribution in [0, 0.1) is 0 Å². The molecule has 114 valence electrons. The zero-order valence-corrected chi connectivity index (χ0v) is 13.2. The smallest absolute Gasteiger partial charge is 0.287 e. The van der Waals surface area contributed by atoms with Gasteiger partial charge in [-0.05, 0) is 12.3 Å². The standard InChI is InChI=1S/C15H16N4O2S/c1-19-6-5-17-15(19)9-3-4-10(13(7-9)22-2)11-8-12(14(16)20)21-18-11/h3-4,7-8H,5-6H2,1-2H3,(H2,16,20). The third-order valence-corrected chi connectivity index (χ3v) is 4.32. The van der Waals surface area contributed by atoms with Crippen LogP contribution >= 0.6 is 11.8 Å². The fourth-order valence-electron chi connectivity index (χ4n) is 2.40. The summed E-state index contributed by atoms with van der Waals surface area (Å²) in [5.41, 5.74) is 7.79. The van der Waals surface area contributed by atoms with Crippen LogP contribution in [0.2, 0.25) is 0 Å². The molecule has 1 aliphatic rings. The lowest BCUT2D eigenvalue weighted by atomic mass is 10.1. The van der Waals surface area contributed by atoms with E-state index in [4.69, 9.17) is 10.3 Å². The van der Waals surface area contributed by atoms with Gasteiger partial charge in [-0.3, -0.25) is 9.79 Å². The van der Waals surface area contributed by atoms with Gasteiger partial charge in [0.2, 0.25) is 5.76 Å². The third kappa shape index (κ3) is 2.59. The lowest BCUT2D eigenvalue weighted by Gasteiger charge is -2.15. The van der Waals surface area contributed by atoms with Crippen LogP contribution < -0.4 is 5.73 Å². The third-order valence-electron chi connectivity index (χ3n) is 3.55. The van der Waals surface area contributed by atoms with Crippen LogP contribution in [-0.4, -0.2) is 48.2 Å². The minimum absolute atomic E-state index is 0.0611. The molecule has 3 rings (SSSR count). The molecular weight excluding hydrogens is 300 g/mol. The van der Waals surface area contributed by atoms with Gasteiger partial charge in [0.15, 0.2) is 0 Å². The normalized spacial score (nSPS) is 14.3. The highest BCUT2D eigenvalue weighted by molar-refractivity contribution is 7.98. The molecule has 0 saturated heterocycles. The van der Waals surface area contributed by atoms with Gasteiger partial charge in [-0.1, -0.05) is 17.3 Å². The molecule has 1 aromatic heterocycles. The number of carbonyl (C=O) groups excluding carboxylic acids is 1. The highest BCUT2D eigenvalue weighted by Gasteiger charge is 2.18. The Hall–Kier alpha value is -2.28. The van der Waals surface area contributed by atoms with Crippen molar-refractivity contribution in [2.45, 2.75) is 4.90 Å². The number of primary amides is 1. The van der Waals surface area contributed by atoms with Crippen molar-refractivity contribution in [3.63, 3.8) is 0 Å². The Morgan fingerprint density at radius 3 is 2.82 bits per heavy atom. The summed E-state index contributed by atoms with van der Waals surface area (Å²) in [6, 6.07) is 7.63. The van der Waals surface area contributed by atoms with Crippen molar-refractivity contribution in [1.29, 1.82) is 0 Å².